The van der Waals surface area contributed by atoms with E-state index in [4.69, 9.17) is 11.6 Å². The molecule has 1 N–H and O–H groups in total. The van der Waals surface area contributed by atoms with Crippen molar-refractivity contribution in [2.75, 3.05) is 4.90 Å². The number of aliphatic hydroxyl groups is 1. The summed E-state index contributed by atoms with van der Waals surface area (Å²) in [5.41, 5.74) is 1.83. The third-order valence-corrected chi connectivity index (χ3v) is 5.97. The Kier molecular flexibility index (Phi) is 5.00. The summed E-state index contributed by atoms with van der Waals surface area (Å²) >= 11 is 6.05. The Bertz CT molecular complexity index is 1370. The maximum atomic E-state index is 13.3. The number of aliphatic hydroxyl groups excluding tert-OH is 1. The molecular formula is C27H18ClNO3. The number of amides is 1. The minimum atomic E-state index is -0.789. The van der Waals surface area contributed by atoms with Gasteiger partial charge in [0.2, 0.25) is 0 Å². The summed E-state index contributed by atoms with van der Waals surface area (Å²) in [5.74, 6) is -1.61. The van der Waals surface area contributed by atoms with E-state index in [0.717, 1.165) is 16.3 Å². The molecule has 0 bridgehead atoms. The highest BCUT2D eigenvalue weighted by Crippen LogP contribution is 2.44. The van der Waals surface area contributed by atoms with Gasteiger partial charge in [-0.25, -0.2) is 0 Å². The average Bonchev–Trinajstić information content (AvgIpc) is 3.09. The summed E-state index contributed by atoms with van der Waals surface area (Å²) in [5, 5.41) is 13.6. The number of Topliss-reactive ketones (excluding diaryl/α,β-unsaturated/α-hetero) is 1. The minimum absolute atomic E-state index is 0.0625. The Morgan fingerprint density at radius 3 is 2.19 bits per heavy atom. The highest BCUT2D eigenvalue weighted by molar-refractivity contribution is 6.52. The van der Waals surface area contributed by atoms with Gasteiger partial charge in [0.25, 0.3) is 11.7 Å². The Labute approximate surface area is 190 Å². The Hall–Kier alpha value is -3.89. The molecule has 32 heavy (non-hydrogen) atoms. The lowest BCUT2D eigenvalue weighted by molar-refractivity contribution is -0.132. The SMILES string of the molecule is O=C1C(=O)N(c2ccc(Cl)cc2)C(c2cccc3ccccc23)/C1=C(/O)c1ccccc1. The standard InChI is InChI=1S/C27H18ClNO3/c28-19-13-15-20(16-14-19)29-24(22-12-6-10-17-7-4-5-11-21(17)22)23(26(31)27(29)32)25(30)18-8-2-1-3-9-18/h1-16,24,30H/b25-23-. The molecule has 156 valence electrons. The van der Waals surface area contributed by atoms with Crippen LogP contribution in [0.5, 0.6) is 0 Å². The van der Waals surface area contributed by atoms with Crippen LogP contribution >= 0.6 is 11.6 Å². The van der Waals surface area contributed by atoms with E-state index in [1.807, 2.05) is 48.5 Å². The predicted molar refractivity (Wildman–Crippen MR) is 127 cm³/mol. The number of benzene rings is 4. The van der Waals surface area contributed by atoms with Crippen molar-refractivity contribution in [2.24, 2.45) is 0 Å². The highest BCUT2D eigenvalue weighted by Gasteiger charge is 2.47. The average molecular weight is 440 g/mol. The number of carbonyl (C=O) groups is 2. The second-order valence-corrected chi connectivity index (χ2v) is 8.02. The number of hydrogen-bond acceptors (Lipinski definition) is 3. The summed E-state index contributed by atoms with van der Waals surface area (Å²) in [7, 11) is 0. The van der Waals surface area contributed by atoms with Crippen LogP contribution in [-0.2, 0) is 9.59 Å². The monoisotopic (exact) mass is 439 g/mol. The van der Waals surface area contributed by atoms with Gasteiger partial charge in [0.15, 0.2) is 0 Å². The lowest BCUT2D eigenvalue weighted by Crippen LogP contribution is -2.29. The number of fused-ring (bicyclic) bond motifs is 1. The zero-order valence-electron chi connectivity index (χ0n) is 16.9. The molecule has 4 aromatic rings. The van der Waals surface area contributed by atoms with E-state index in [2.05, 4.69) is 0 Å². The van der Waals surface area contributed by atoms with Crippen LogP contribution in [0.2, 0.25) is 5.02 Å². The van der Waals surface area contributed by atoms with Gasteiger partial charge in [0.05, 0.1) is 11.6 Å². The molecule has 1 atom stereocenters. The second kappa shape index (κ2) is 7.98. The van der Waals surface area contributed by atoms with Gasteiger partial charge in [-0.05, 0) is 40.6 Å². The number of anilines is 1. The molecule has 1 heterocycles. The summed E-state index contributed by atoms with van der Waals surface area (Å²) in [6, 6.07) is 28.3. The number of hydrogen-bond donors (Lipinski definition) is 1. The first-order valence-electron chi connectivity index (χ1n) is 10.2. The topological polar surface area (TPSA) is 57.6 Å². The number of nitrogens with zero attached hydrogens (tertiary/aromatic N) is 1. The van der Waals surface area contributed by atoms with Gasteiger partial charge >= 0.3 is 0 Å². The molecule has 1 amide bonds. The Morgan fingerprint density at radius 1 is 0.781 bits per heavy atom. The molecule has 0 aliphatic carbocycles. The molecule has 1 unspecified atom stereocenters. The van der Waals surface area contributed by atoms with Crippen LogP contribution in [0.25, 0.3) is 16.5 Å². The number of carbonyl (C=O) groups excluding carboxylic acids is 2. The first-order chi connectivity index (χ1) is 15.6. The van der Waals surface area contributed by atoms with Gasteiger partial charge < -0.3 is 5.11 Å². The fraction of sp³-hybridized carbons (Fsp3) is 0.0370. The van der Waals surface area contributed by atoms with Gasteiger partial charge in [-0.2, -0.15) is 0 Å². The number of halogens is 1. The molecule has 0 aromatic heterocycles. The van der Waals surface area contributed by atoms with E-state index >= 15 is 0 Å². The molecule has 0 spiro atoms. The molecular weight excluding hydrogens is 422 g/mol. The largest absolute Gasteiger partial charge is 0.507 e. The number of ketones is 1. The van der Waals surface area contributed by atoms with Gasteiger partial charge in [0, 0.05) is 16.3 Å². The second-order valence-electron chi connectivity index (χ2n) is 7.58. The van der Waals surface area contributed by atoms with Crippen LogP contribution in [0.4, 0.5) is 5.69 Å². The van der Waals surface area contributed by atoms with E-state index < -0.39 is 17.7 Å². The molecule has 0 saturated carbocycles. The maximum absolute atomic E-state index is 13.3. The molecule has 1 saturated heterocycles. The Morgan fingerprint density at radius 2 is 1.44 bits per heavy atom. The lowest BCUT2D eigenvalue weighted by atomic mass is 9.91. The van der Waals surface area contributed by atoms with Crippen molar-refractivity contribution in [1.29, 1.82) is 0 Å². The van der Waals surface area contributed by atoms with Gasteiger partial charge in [-0.3, -0.25) is 14.5 Å². The fourth-order valence-electron chi connectivity index (χ4n) is 4.24. The van der Waals surface area contributed by atoms with Crippen LogP contribution in [0.1, 0.15) is 17.2 Å². The maximum Gasteiger partial charge on any atom is 0.300 e. The van der Waals surface area contributed by atoms with Crippen molar-refractivity contribution in [3.05, 3.63) is 119 Å². The van der Waals surface area contributed by atoms with Gasteiger partial charge in [0.1, 0.15) is 5.76 Å². The molecule has 4 aromatic carbocycles. The molecule has 1 aliphatic rings. The minimum Gasteiger partial charge on any atom is -0.507 e. The zero-order chi connectivity index (χ0) is 22.2. The van der Waals surface area contributed by atoms with Crippen LogP contribution in [0, 0.1) is 0 Å². The third-order valence-electron chi connectivity index (χ3n) is 5.71. The van der Waals surface area contributed by atoms with Crippen LogP contribution in [0.3, 0.4) is 0 Å². The normalized spacial score (nSPS) is 17.8. The third kappa shape index (κ3) is 3.26. The van der Waals surface area contributed by atoms with Gasteiger partial charge in [-0.1, -0.05) is 84.4 Å². The van der Waals surface area contributed by atoms with Crippen LogP contribution in [0.15, 0.2) is 103 Å². The predicted octanol–water partition coefficient (Wildman–Crippen LogP) is 6.12. The molecule has 1 aliphatic heterocycles. The first kappa shape index (κ1) is 20.0. The molecule has 1 fully saturated rings. The van der Waals surface area contributed by atoms with E-state index in [-0.39, 0.29) is 11.3 Å². The van der Waals surface area contributed by atoms with Crippen molar-refractivity contribution in [1.82, 2.24) is 0 Å². The lowest BCUT2D eigenvalue weighted by Gasteiger charge is -2.26. The van der Waals surface area contributed by atoms with Crippen molar-refractivity contribution in [3.8, 4) is 0 Å². The molecule has 4 nitrogen and oxygen atoms in total. The summed E-state index contributed by atoms with van der Waals surface area (Å²) in [6.07, 6.45) is 0. The first-order valence-corrected chi connectivity index (χ1v) is 10.5. The van der Waals surface area contributed by atoms with Gasteiger partial charge in [-0.15, -0.1) is 0 Å². The summed E-state index contributed by atoms with van der Waals surface area (Å²) < 4.78 is 0. The van der Waals surface area contributed by atoms with Crippen molar-refractivity contribution >= 4 is 45.5 Å². The Balaban J connectivity index is 1.81. The number of rotatable bonds is 3. The van der Waals surface area contributed by atoms with E-state index in [1.54, 1.807) is 48.5 Å². The summed E-state index contributed by atoms with van der Waals surface area (Å²) in [6.45, 7) is 0. The molecule has 5 rings (SSSR count). The summed E-state index contributed by atoms with van der Waals surface area (Å²) in [4.78, 5) is 27.9. The van der Waals surface area contributed by atoms with E-state index in [0.29, 0.717) is 16.3 Å². The smallest absolute Gasteiger partial charge is 0.300 e. The van der Waals surface area contributed by atoms with Crippen LogP contribution < -0.4 is 4.90 Å². The molecule has 0 radical (unpaired) electrons. The van der Waals surface area contributed by atoms with Crippen molar-refractivity contribution in [3.63, 3.8) is 0 Å². The van der Waals surface area contributed by atoms with E-state index in [9.17, 15) is 14.7 Å². The highest BCUT2D eigenvalue weighted by atomic mass is 35.5. The van der Waals surface area contributed by atoms with Crippen LogP contribution in [-0.4, -0.2) is 16.8 Å². The van der Waals surface area contributed by atoms with Crippen molar-refractivity contribution < 1.29 is 14.7 Å². The fourth-order valence-corrected chi connectivity index (χ4v) is 4.36. The zero-order valence-corrected chi connectivity index (χ0v) is 17.7. The quantitative estimate of drug-likeness (QED) is 0.238. The van der Waals surface area contributed by atoms with Crippen molar-refractivity contribution in [2.45, 2.75) is 6.04 Å². The molecule has 5 heteroatoms. The van der Waals surface area contributed by atoms with E-state index in [1.165, 1.54) is 4.90 Å².